The number of benzene rings is 1. The molecule has 2 nitrogen and oxygen atoms in total. The lowest BCUT2D eigenvalue weighted by Crippen LogP contribution is -2.39. The van der Waals surface area contributed by atoms with Gasteiger partial charge in [0.05, 0.1) is 6.04 Å². The number of hydrogen-bond acceptors (Lipinski definition) is 2. The van der Waals surface area contributed by atoms with Crippen molar-refractivity contribution in [1.82, 2.24) is 5.43 Å². The maximum Gasteiger partial charge on any atom is 0.128 e. The molecule has 0 saturated heterocycles. The molecule has 1 aliphatic rings. The van der Waals surface area contributed by atoms with Gasteiger partial charge in [0.2, 0.25) is 0 Å². The molecule has 3 N–H and O–H groups in total. The van der Waals surface area contributed by atoms with Gasteiger partial charge in [0.1, 0.15) is 5.82 Å². The van der Waals surface area contributed by atoms with Gasteiger partial charge in [0.25, 0.3) is 0 Å². The van der Waals surface area contributed by atoms with E-state index >= 15 is 0 Å². The Morgan fingerprint density at radius 3 is 2.39 bits per heavy atom. The molecule has 1 fully saturated rings. The summed E-state index contributed by atoms with van der Waals surface area (Å²) in [6.45, 7) is 6.10. The monoisotopic (exact) mass is 250 g/mol. The Morgan fingerprint density at radius 1 is 1.28 bits per heavy atom. The molecule has 1 aromatic carbocycles. The molecule has 0 heterocycles. The highest BCUT2D eigenvalue weighted by Gasteiger charge is 2.39. The summed E-state index contributed by atoms with van der Waals surface area (Å²) in [5.74, 6) is 5.59. The average molecular weight is 250 g/mol. The fourth-order valence-corrected chi connectivity index (χ4v) is 3.40. The van der Waals surface area contributed by atoms with E-state index in [1.54, 1.807) is 6.07 Å². The van der Waals surface area contributed by atoms with Crippen LogP contribution in [-0.2, 0) is 0 Å². The highest BCUT2D eigenvalue weighted by atomic mass is 19.1. The van der Waals surface area contributed by atoms with Crippen molar-refractivity contribution in [2.24, 2.45) is 11.3 Å². The number of aryl methyl sites for hydroxylation is 2. The van der Waals surface area contributed by atoms with Gasteiger partial charge in [0, 0.05) is 5.56 Å². The molecule has 0 amide bonds. The van der Waals surface area contributed by atoms with E-state index in [0.717, 1.165) is 29.5 Å². The predicted molar refractivity (Wildman–Crippen MR) is 72.5 cm³/mol. The molecule has 1 aromatic rings. The molecule has 3 heteroatoms. The van der Waals surface area contributed by atoms with Crippen LogP contribution in [0.3, 0.4) is 0 Å². The highest BCUT2D eigenvalue weighted by molar-refractivity contribution is 5.35. The van der Waals surface area contributed by atoms with Crippen LogP contribution in [0.1, 0.15) is 55.3 Å². The summed E-state index contributed by atoms with van der Waals surface area (Å²) in [6.07, 6.45) is 4.63. The van der Waals surface area contributed by atoms with E-state index < -0.39 is 0 Å². The second-order valence-corrected chi connectivity index (χ2v) is 5.94. The normalized spacial score (nSPS) is 20.1. The fraction of sp³-hybridized carbons (Fsp3) is 0.600. The van der Waals surface area contributed by atoms with E-state index in [4.69, 9.17) is 5.84 Å². The highest BCUT2D eigenvalue weighted by Crippen LogP contribution is 2.48. The molecule has 18 heavy (non-hydrogen) atoms. The van der Waals surface area contributed by atoms with Gasteiger partial charge >= 0.3 is 0 Å². The first-order valence-corrected chi connectivity index (χ1v) is 6.71. The smallest absolute Gasteiger partial charge is 0.128 e. The predicted octanol–water partition coefficient (Wildman–Crippen LogP) is 3.53. The van der Waals surface area contributed by atoms with Crippen LogP contribution in [0.2, 0.25) is 0 Å². The summed E-state index contributed by atoms with van der Waals surface area (Å²) < 4.78 is 14.3. The van der Waals surface area contributed by atoms with Gasteiger partial charge in [-0.2, -0.15) is 0 Å². The lowest BCUT2D eigenvalue weighted by molar-refractivity contribution is 0.219. The number of halogens is 1. The standard InChI is InChI=1S/C15H23FN2/c1-10-8-11(2)13(12(16)9-10)14(18-17)15(3)6-4-5-7-15/h8-9,14,18H,4-7,17H2,1-3H3. The third-order valence-electron chi connectivity index (χ3n) is 4.38. The largest absolute Gasteiger partial charge is 0.271 e. The summed E-state index contributed by atoms with van der Waals surface area (Å²) in [4.78, 5) is 0. The van der Waals surface area contributed by atoms with Crippen molar-refractivity contribution in [3.05, 3.63) is 34.6 Å². The topological polar surface area (TPSA) is 38.0 Å². The van der Waals surface area contributed by atoms with Crippen LogP contribution in [0.5, 0.6) is 0 Å². The molecule has 1 aliphatic carbocycles. The SMILES string of the molecule is Cc1cc(C)c(C(NN)C2(C)CCCC2)c(F)c1. The summed E-state index contributed by atoms with van der Waals surface area (Å²) in [7, 11) is 0. The van der Waals surface area contributed by atoms with E-state index in [1.165, 1.54) is 12.8 Å². The molecule has 0 aliphatic heterocycles. The van der Waals surface area contributed by atoms with E-state index in [9.17, 15) is 4.39 Å². The number of hydrazine groups is 1. The summed E-state index contributed by atoms with van der Waals surface area (Å²) >= 11 is 0. The first-order chi connectivity index (χ1) is 8.48. The maximum atomic E-state index is 14.3. The molecule has 1 saturated carbocycles. The average Bonchev–Trinajstić information content (AvgIpc) is 2.71. The molecular weight excluding hydrogens is 227 g/mol. The van der Waals surface area contributed by atoms with Crippen molar-refractivity contribution in [2.75, 3.05) is 0 Å². The minimum absolute atomic E-state index is 0.0651. The summed E-state index contributed by atoms with van der Waals surface area (Å²) in [5.41, 5.74) is 5.62. The minimum atomic E-state index is -0.136. The van der Waals surface area contributed by atoms with Crippen molar-refractivity contribution >= 4 is 0 Å². The zero-order valence-corrected chi connectivity index (χ0v) is 11.5. The van der Waals surface area contributed by atoms with Gasteiger partial charge in [-0.15, -0.1) is 0 Å². The Labute approximate surface area is 109 Å². The third-order valence-corrected chi connectivity index (χ3v) is 4.38. The number of nitrogens with two attached hydrogens (primary N) is 1. The molecule has 1 atom stereocenters. The molecule has 0 bridgehead atoms. The van der Waals surface area contributed by atoms with Crippen LogP contribution in [-0.4, -0.2) is 0 Å². The van der Waals surface area contributed by atoms with Crippen LogP contribution in [0, 0.1) is 25.1 Å². The maximum absolute atomic E-state index is 14.3. The molecule has 0 radical (unpaired) electrons. The van der Waals surface area contributed by atoms with Crippen LogP contribution in [0.15, 0.2) is 12.1 Å². The van der Waals surface area contributed by atoms with Gasteiger partial charge in [-0.3, -0.25) is 11.3 Å². The molecular formula is C15H23FN2. The zero-order valence-electron chi connectivity index (χ0n) is 11.5. The van der Waals surface area contributed by atoms with Crippen molar-refractivity contribution in [3.8, 4) is 0 Å². The van der Waals surface area contributed by atoms with Crippen LogP contribution in [0.25, 0.3) is 0 Å². The van der Waals surface area contributed by atoms with E-state index in [1.807, 2.05) is 19.9 Å². The molecule has 1 unspecified atom stereocenters. The summed E-state index contributed by atoms with van der Waals surface area (Å²) in [5, 5.41) is 0. The van der Waals surface area contributed by atoms with Gasteiger partial charge in [-0.1, -0.05) is 25.8 Å². The number of rotatable bonds is 3. The Hall–Kier alpha value is -0.930. The van der Waals surface area contributed by atoms with Gasteiger partial charge in [-0.05, 0) is 49.3 Å². The van der Waals surface area contributed by atoms with Gasteiger partial charge in [-0.25, -0.2) is 4.39 Å². The molecule has 2 rings (SSSR count). The first kappa shape index (κ1) is 13.5. The van der Waals surface area contributed by atoms with Crippen molar-refractivity contribution in [2.45, 2.75) is 52.5 Å². The second kappa shape index (κ2) is 4.98. The lowest BCUT2D eigenvalue weighted by atomic mass is 9.76. The Morgan fingerprint density at radius 2 is 1.89 bits per heavy atom. The Kier molecular flexibility index (Phi) is 3.74. The summed E-state index contributed by atoms with van der Waals surface area (Å²) in [6, 6.07) is 3.53. The Bertz CT molecular complexity index is 413. The van der Waals surface area contributed by atoms with E-state index in [0.29, 0.717) is 0 Å². The minimum Gasteiger partial charge on any atom is -0.271 e. The van der Waals surface area contributed by atoms with Crippen LogP contribution >= 0.6 is 0 Å². The molecule has 0 aromatic heterocycles. The van der Waals surface area contributed by atoms with E-state index in [-0.39, 0.29) is 17.3 Å². The van der Waals surface area contributed by atoms with E-state index in [2.05, 4.69) is 12.3 Å². The second-order valence-electron chi connectivity index (χ2n) is 5.94. The van der Waals surface area contributed by atoms with Gasteiger partial charge < -0.3 is 0 Å². The molecule has 0 spiro atoms. The Balaban J connectivity index is 2.45. The van der Waals surface area contributed by atoms with Gasteiger partial charge in [0.15, 0.2) is 0 Å². The molecule has 100 valence electrons. The first-order valence-electron chi connectivity index (χ1n) is 6.71. The number of hydrogen-bond donors (Lipinski definition) is 2. The third kappa shape index (κ3) is 2.29. The van der Waals surface area contributed by atoms with Crippen LogP contribution in [0.4, 0.5) is 4.39 Å². The van der Waals surface area contributed by atoms with Crippen molar-refractivity contribution in [3.63, 3.8) is 0 Å². The van der Waals surface area contributed by atoms with Crippen molar-refractivity contribution < 1.29 is 4.39 Å². The number of nitrogens with one attached hydrogen (secondary N) is 1. The van der Waals surface area contributed by atoms with Crippen LogP contribution < -0.4 is 11.3 Å². The fourth-order valence-electron chi connectivity index (χ4n) is 3.40. The van der Waals surface area contributed by atoms with Crippen molar-refractivity contribution in [1.29, 1.82) is 0 Å². The quantitative estimate of drug-likeness (QED) is 0.636. The zero-order chi connectivity index (χ0) is 13.3. The lowest BCUT2D eigenvalue weighted by Gasteiger charge is -2.35.